The summed E-state index contributed by atoms with van der Waals surface area (Å²) >= 11 is 0. The zero-order chi connectivity index (χ0) is 15.1. The van der Waals surface area contributed by atoms with Crippen LogP contribution in [-0.4, -0.2) is 12.5 Å². The van der Waals surface area contributed by atoms with Crippen LogP contribution in [0.4, 0.5) is 5.69 Å². The largest absolute Gasteiger partial charge is 0.381 e. The van der Waals surface area contributed by atoms with Gasteiger partial charge < -0.3 is 10.6 Å². The van der Waals surface area contributed by atoms with Crippen molar-refractivity contribution in [2.75, 3.05) is 11.9 Å². The Morgan fingerprint density at radius 2 is 1.90 bits per heavy atom. The van der Waals surface area contributed by atoms with Crippen molar-refractivity contribution in [2.45, 2.75) is 26.8 Å². The predicted molar refractivity (Wildman–Crippen MR) is 87.6 cm³/mol. The van der Waals surface area contributed by atoms with Gasteiger partial charge in [0.2, 0.25) is 0 Å². The highest BCUT2D eigenvalue weighted by Gasteiger charge is 2.05. The lowest BCUT2D eigenvalue weighted by atomic mass is 10.1. The number of anilines is 1. The first-order valence-corrected chi connectivity index (χ1v) is 7.36. The van der Waals surface area contributed by atoms with E-state index in [0.717, 1.165) is 18.7 Å². The van der Waals surface area contributed by atoms with Crippen LogP contribution in [-0.2, 0) is 6.54 Å². The Balaban J connectivity index is 1.99. The summed E-state index contributed by atoms with van der Waals surface area (Å²) in [5.74, 6) is -0.0175. The van der Waals surface area contributed by atoms with Crippen LogP contribution in [0.2, 0.25) is 0 Å². The highest BCUT2D eigenvalue weighted by Crippen LogP contribution is 2.13. The van der Waals surface area contributed by atoms with Gasteiger partial charge in [0.25, 0.3) is 5.91 Å². The Morgan fingerprint density at radius 1 is 1.10 bits per heavy atom. The minimum atomic E-state index is -0.0175. The van der Waals surface area contributed by atoms with Gasteiger partial charge in [-0.3, -0.25) is 4.79 Å². The second kappa shape index (κ2) is 7.48. The molecule has 2 aromatic rings. The van der Waals surface area contributed by atoms with Crippen LogP contribution >= 0.6 is 0 Å². The lowest BCUT2D eigenvalue weighted by Crippen LogP contribution is -2.23. The summed E-state index contributed by atoms with van der Waals surface area (Å²) in [6.07, 6.45) is 0.942. The Bertz CT molecular complexity index is 608. The number of carbonyl (C=O) groups excluding carboxylic acids is 1. The van der Waals surface area contributed by atoms with E-state index in [1.807, 2.05) is 31.2 Å². The maximum Gasteiger partial charge on any atom is 0.251 e. The number of carbonyl (C=O) groups is 1. The molecule has 0 aliphatic rings. The van der Waals surface area contributed by atoms with Gasteiger partial charge in [0.05, 0.1) is 0 Å². The molecule has 2 aromatic carbocycles. The predicted octanol–water partition coefficient (Wildman–Crippen LogP) is 3.75. The van der Waals surface area contributed by atoms with Crippen molar-refractivity contribution in [1.29, 1.82) is 0 Å². The number of rotatable bonds is 6. The van der Waals surface area contributed by atoms with Gasteiger partial charge in [-0.2, -0.15) is 0 Å². The summed E-state index contributed by atoms with van der Waals surface area (Å²) in [6.45, 7) is 5.59. The number of hydrogen-bond acceptors (Lipinski definition) is 2. The average molecular weight is 282 g/mol. The molecule has 110 valence electrons. The lowest BCUT2D eigenvalue weighted by molar-refractivity contribution is 0.0953. The smallest absolute Gasteiger partial charge is 0.251 e. The number of hydrogen-bond donors (Lipinski definition) is 2. The maximum atomic E-state index is 11.9. The van der Waals surface area contributed by atoms with Crippen LogP contribution < -0.4 is 10.6 Å². The Hall–Kier alpha value is -2.29. The highest BCUT2D eigenvalue weighted by atomic mass is 16.1. The SMILES string of the molecule is CCCNC(=O)c1cccc(NCc2cccc(C)c2)c1. The third-order valence-electron chi connectivity index (χ3n) is 3.24. The number of aryl methyl sites for hydroxylation is 1. The molecule has 0 spiro atoms. The third kappa shape index (κ3) is 4.63. The van der Waals surface area contributed by atoms with E-state index in [-0.39, 0.29) is 5.91 Å². The summed E-state index contributed by atoms with van der Waals surface area (Å²) in [5.41, 5.74) is 4.14. The molecule has 0 aliphatic carbocycles. The molecule has 0 aliphatic heterocycles. The Kier molecular flexibility index (Phi) is 5.38. The summed E-state index contributed by atoms with van der Waals surface area (Å²) in [6, 6.07) is 16.0. The van der Waals surface area contributed by atoms with Crippen LogP contribution in [0.25, 0.3) is 0 Å². The van der Waals surface area contributed by atoms with Gasteiger partial charge in [0.15, 0.2) is 0 Å². The highest BCUT2D eigenvalue weighted by molar-refractivity contribution is 5.95. The average Bonchev–Trinajstić information content (AvgIpc) is 2.51. The van der Waals surface area contributed by atoms with E-state index in [4.69, 9.17) is 0 Å². The fraction of sp³-hybridized carbons (Fsp3) is 0.278. The normalized spacial score (nSPS) is 10.2. The molecule has 0 heterocycles. The van der Waals surface area contributed by atoms with Gasteiger partial charge in [-0.15, -0.1) is 0 Å². The molecular formula is C18H22N2O. The molecule has 2 rings (SSSR count). The van der Waals surface area contributed by atoms with E-state index >= 15 is 0 Å². The first kappa shape index (κ1) is 15.1. The van der Waals surface area contributed by atoms with Crippen molar-refractivity contribution in [1.82, 2.24) is 5.32 Å². The lowest BCUT2D eigenvalue weighted by Gasteiger charge is -2.09. The zero-order valence-electron chi connectivity index (χ0n) is 12.6. The van der Waals surface area contributed by atoms with Gasteiger partial charge in [0.1, 0.15) is 0 Å². The van der Waals surface area contributed by atoms with Crippen LogP contribution in [0.15, 0.2) is 48.5 Å². The molecule has 0 saturated carbocycles. The molecule has 0 bridgehead atoms. The molecule has 1 amide bonds. The summed E-state index contributed by atoms with van der Waals surface area (Å²) in [5, 5.41) is 6.25. The van der Waals surface area contributed by atoms with Gasteiger partial charge in [-0.25, -0.2) is 0 Å². The van der Waals surface area contributed by atoms with E-state index < -0.39 is 0 Å². The standard InChI is InChI=1S/C18H22N2O/c1-3-10-19-18(21)16-8-5-9-17(12-16)20-13-15-7-4-6-14(2)11-15/h4-9,11-12,20H,3,10,13H2,1-2H3,(H,19,21). The Labute approximate surface area is 126 Å². The number of nitrogens with one attached hydrogen (secondary N) is 2. The second-order valence-corrected chi connectivity index (χ2v) is 5.18. The summed E-state index contributed by atoms with van der Waals surface area (Å²) < 4.78 is 0. The fourth-order valence-corrected chi connectivity index (χ4v) is 2.14. The number of benzene rings is 2. The van der Waals surface area contributed by atoms with Crippen molar-refractivity contribution in [3.63, 3.8) is 0 Å². The van der Waals surface area contributed by atoms with Crippen LogP contribution in [0.5, 0.6) is 0 Å². The van der Waals surface area contributed by atoms with Crippen molar-refractivity contribution >= 4 is 11.6 Å². The van der Waals surface area contributed by atoms with Gasteiger partial charge in [-0.1, -0.05) is 42.8 Å². The molecule has 0 atom stereocenters. The Morgan fingerprint density at radius 3 is 2.67 bits per heavy atom. The monoisotopic (exact) mass is 282 g/mol. The van der Waals surface area contributed by atoms with Gasteiger partial charge in [-0.05, 0) is 37.1 Å². The fourth-order valence-electron chi connectivity index (χ4n) is 2.14. The minimum absolute atomic E-state index is 0.0175. The minimum Gasteiger partial charge on any atom is -0.381 e. The van der Waals surface area contributed by atoms with Gasteiger partial charge in [0, 0.05) is 24.3 Å². The van der Waals surface area contributed by atoms with E-state index in [0.29, 0.717) is 12.1 Å². The molecule has 0 aromatic heterocycles. The van der Waals surface area contributed by atoms with E-state index in [9.17, 15) is 4.79 Å². The van der Waals surface area contributed by atoms with Crippen LogP contribution in [0.3, 0.4) is 0 Å². The van der Waals surface area contributed by atoms with Crippen molar-refractivity contribution in [3.05, 3.63) is 65.2 Å². The number of amides is 1. The van der Waals surface area contributed by atoms with E-state index in [1.165, 1.54) is 11.1 Å². The summed E-state index contributed by atoms with van der Waals surface area (Å²) in [4.78, 5) is 11.9. The molecule has 0 radical (unpaired) electrons. The third-order valence-corrected chi connectivity index (χ3v) is 3.24. The van der Waals surface area contributed by atoms with E-state index in [2.05, 4.69) is 41.8 Å². The topological polar surface area (TPSA) is 41.1 Å². The zero-order valence-corrected chi connectivity index (χ0v) is 12.6. The molecule has 0 saturated heterocycles. The molecular weight excluding hydrogens is 260 g/mol. The van der Waals surface area contributed by atoms with Crippen molar-refractivity contribution in [2.24, 2.45) is 0 Å². The van der Waals surface area contributed by atoms with Crippen LogP contribution in [0, 0.1) is 6.92 Å². The first-order chi connectivity index (χ1) is 10.2. The molecule has 0 unspecified atom stereocenters. The quantitative estimate of drug-likeness (QED) is 0.847. The van der Waals surface area contributed by atoms with Gasteiger partial charge >= 0.3 is 0 Å². The van der Waals surface area contributed by atoms with Crippen LogP contribution in [0.1, 0.15) is 34.8 Å². The molecule has 3 heteroatoms. The second-order valence-electron chi connectivity index (χ2n) is 5.18. The molecule has 2 N–H and O–H groups in total. The molecule has 3 nitrogen and oxygen atoms in total. The summed E-state index contributed by atoms with van der Waals surface area (Å²) in [7, 11) is 0. The first-order valence-electron chi connectivity index (χ1n) is 7.36. The van der Waals surface area contributed by atoms with E-state index in [1.54, 1.807) is 0 Å². The van der Waals surface area contributed by atoms with Crippen molar-refractivity contribution < 1.29 is 4.79 Å². The molecule has 21 heavy (non-hydrogen) atoms. The van der Waals surface area contributed by atoms with Crippen molar-refractivity contribution in [3.8, 4) is 0 Å². The molecule has 0 fully saturated rings. The maximum absolute atomic E-state index is 11.9.